The zero-order chi connectivity index (χ0) is 9.10. The lowest BCUT2D eigenvalue weighted by Crippen LogP contribution is -1.99. The summed E-state index contributed by atoms with van der Waals surface area (Å²) >= 11 is 1.94. The second kappa shape index (κ2) is 4.01. The second-order valence-electron chi connectivity index (χ2n) is 3.30. The normalized spacial score (nSPS) is 15.8. The van der Waals surface area contributed by atoms with Crippen LogP contribution in [0, 0.1) is 0 Å². The molecule has 0 aliphatic heterocycles. The van der Waals surface area contributed by atoms with Gasteiger partial charge in [0.15, 0.2) is 0 Å². The molecule has 2 rings (SSSR count). The largest absolute Gasteiger partial charge is 0.0946 e. The van der Waals surface area contributed by atoms with Gasteiger partial charge in [0, 0.05) is 4.90 Å². The van der Waals surface area contributed by atoms with E-state index < -0.39 is 0 Å². The first-order valence-corrected chi connectivity index (χ1v) is 5.65. The number of hydrogen-bond acceptors (Lipinski definition) is 1. The Bertz CT molecular complexity index is 311. The maximum absolute atomic E-state index is 2.25. The summed E-state index contributed by atoms with van der Waals surface area (Å²) in [4.78, 5) is 2.98. The molecule has 0 bridgehead atoms. The number of hydrogen-bond donors (Lipinski definition) is 0. The van der Waals surface area contributed by atoms with Crippen LogP contribution in [0.2, 0.25) is 0 Å². The third-order valence-corrected chi connectivity index (χ3v) is 3.71. The van der Waals surface area contributed by atoms with Crippen LogP contribution in [-0.2, 0) is 0 Å². The third kappa shape index (κ3) is 1.97. The maximum atomic E-state index is 2.25. The van der Waals surface area contributed by atoms with Crippen LogP contribution in [0.25, 0.3) is 0 Å². The highest BCUT2D eigenvalue weighted by molar-refractivity contribution is 8.03. The summed E-state index contributed by atoms with van der Waals surface area (Å²) in [6.45, 7) is 2.25. The molecule has 1 aromatic rings. The van der Waals surface area contributed by atoms with Crippen LogP contribution in [0.4, 0.5) is 0 Å². The Morgan fingerprint density at radius 1 is 1.15 bits per heavy atom. The molecule has 0 radical (unpaired) electrons. The molecular formula is C12H14S. The van der Waals surface area contributed by atoms with Crippen molar-refractivity contribution in [2.75, 3.05) is 0 Å². The first-order valence-electron chi connectivity index (χ1n) is 4.84. The molecule has 0 unspecified atom stereocenters. The summed E-state index contributed by atoms with van der Waals surface area (Å²) in [5, 5.41) is 0. The van der Waals surface area contributed by atoms with Gasteiger partial charge in [-0.25, -0.2) is 0 Å². The van der Waals surface area contributed by atoms with Crippen LogP contribution >= 0.6 is 11.8 Å². The van der Waals surface area contributed by atoms with E-state index in [9.17, 15) is 0 Å². The van der Waals surface area contributed by atoms with E-state index in [0.29, 0.717) is 0 Å². The molecule has 0 amide bonds. The van der Waals surface area contributed by atoms with Crippen LogP contribution < -0.4 is 0 Å². The molecule has 1 aromatic carbocycles. The van der Waals surface area contributed by atoms with Gasteiger partial charge in [-0.15, -0.1) is 0 Å². The van der Waals surface area contributed by atoms with Crippen molar-refractivity contribution in [1.82, 2.24) is 0 Å². The predicted molar refractivity (Wildman–Crippen MR) is 58.9 cm³/mol. The molecule has 1 heteroatoms. The molecule has 0 saturated carbocycles. The zero-order valence-electron chi connectivity index (χ0n) is 7.92. The van der Waals surface area contributed by atoms with E-state index in [0.717, 1.165) is 0 Å². The van der Waals surface area contributed by atoms with Gasteiger partial charge < -0.3 is 0 Å². The predicted octanol–water partition coefficient (Wildman–Crippen LogP) is 4.24. The van der Waals surface area contributed by atoms with Crippen molar-refractivity contribution in [3.05, 3.63) is 40.8 Å². The molecule has 0 heterocycles. The molecule has 0 N–H and O–H groups in total. The minimum atomic E-state index is 1.23. The maximum Gasteiger partial charge on any atom is 0.0119 e. The third-order valence-electron chi connectivity index (χ3n) is 2.46. The lowest BCUT2D eigenvalue weighted by Gasteiger charge is -2.22. The van der Waals surface area contributed by atoms with Crippen molar-refractivity contribution in [3.8, 4) is 0 Å². The van der Waals surface area contributed by atoms with Crippen molar-refractivity contribution in [1.29, 1.82) is 0 Å². The first-order chi connectivity index (χ1) is 6.40. The highest BCUT2D eigenvalue weighted by Gasteiger charge is 2.15. The number of allylic oxidation sites excluding steroid dienone is 2. The van der Waals surface area contributed by atoms with Crippen molar-refractivity contribution in [3.63, 3.8) is 0 Å². The monoisotopic (exact) mass is 190 g/mol. The average molecular weight is 190 g/mol. The van der Waals surface area contributed by atoms with E-state index in [1.165, 1.54) is 24.2 Å². The molecule has 0 aromatic heterocycles. The fourth-order valence-corrected chi connectivity index (χ4v) is 2.70. The van der Waals surface area contributed by atoms with E-state index in [4.69, 9.17) is 0 Å². The van der Waals surface area contributed by atoms with Gasteiger partial charge in [-0.1, -0.05) is 42.5 Å². The molecule has 1 aliphatic rings. The zero-order valence-corrected chi connectivity index (χ0v) is 8.73. The summed E-state index contributed by atoms with van der Waals surface area (Å²) < 4.78 is 0. The van der Waals surface area contributed by atoms with Crippen molar-refractivity contribution >= 4 is 11.8 Å². The Morgan fingerprint density at radius 2 is 1.92 bits per heavy atom. The Labute approximate surface area is 84.0 Å². The number of benzene rings is 1. The quantitative estimate of drug-likeness (QED) is 0.687. The summed E-state index contributed by atoms with van der Waals surface area (Å²) in [6.07, 6.45) is 3.85. The van der Waals surface area contributed by atoms with Crippen LogP contribution in [-0.4, -0.2) is 0 Å². The standard InChI is InChI=1S/C12H14S/c1-2-10-8-9-12(10)13-11-6-4-3-5-7-11/h3-7H,2,8-9H2,1H3. The smallest absolute Gasteiger partial charge is 0.0119 e. The molecule has 68 valence electrons. The summed E-state index contributed by atoms with van der Waals surface area (Å²) in [5.74, 6) is 0. The lowest BCUT2D eigenvalue weighted by atomic mass is 9.96. The van der Waals surface area contributed by atoms with Gasteiger partial charge in [0.2, 0.25) is 0 Å². The molecule has 0 atom stereocenters. The summed E-state index contributed by atoms with van der Waals surface area (Å²) in [5.41, 5.74) is 1.66. The topological polar surface area (TPSA) is 0 Å². The van der Waals surface area contributed by atoms with E-state index in [1.54, 1.807) is 10.5 Å². The SMILES string of the molecule is CCC1=C(Sc2ccccc2)CC1. The number of rotatable bonds is 3. The van der Waals surface area contributed by atoms with Gasteiger partial charge in [-0.2, -0.15) is 0 Å². The Hall–Kier alpha value is -0.690. The summed E-state index contributed by atoms with van der Waals surface area (Å²) in [6, 6.07) is 10.6. The van der Waals surface area contributed by atoms with Gasteiger partial charge in [-0.05, 0) is 36.3 Å². The Balaban J connectivity index is 2.07. The fourth-order valence-electron chi connectivity index (χ4n) is 1.53. The van der Waals surface area contributed by atoms with E-state index in [2.05, 4.69) is 37.3 Å². The molecule has 0 spiro atoms. The minimum Gasteiger partial charge on any atom is -0.0946 e. The molecule has 0 nitrogen and oxygen atoms in total. The van der Waals surface area contributed by atoms with Gasteiger partial charge in [0.25, 0.3) is 0 Å². The van der Waals surface area contributed by atoms with Gasteiger partial charge in [0.1, 0.15) is 0 Å². The van der Waals surface area contributed by atoms with Crippen LogP contribution in [0.15, 0.2) is 45.7 Å². The highest BCUT2D eigenvalue weighted by Crippen LogP contribution is 2.41. The van der Waals surface area contributed by atoms with E-state index >= 15 is 0 Å². The van der Waals surface area contributed by atoms with Crippen molar-refractivity contribution < 1.29 is 0 Å². The Morgan fingerprint density at radius 3 is 2.46 bits per heavy atom. The first kappa shape index (κ1) is 8.89. The van der Waals surface area contributed by atoms with E-state index in [1.807, 2.05) is 11.8 Å². The molecule has 0 fully saturated rings. The average Bonchev–Trinajstić information content (AvgIpc) is 2.15. The highest BCUT2D eigenvalue weighted by atomic mass is 32.2. The van der Waals surface area contributed by atoms with Crippen LogP contribution in [0.3, 0.4) is 0 Å². The van der Waals surface area contributed by atoms with Gasteiger partial charge in [0.05, 0.1) is 0 Å². The summed E-state index contributed by atoms with van der Waals surface area (Å²) in [7, 11) is 0. The van der Waals surface area contributed by atoms with Crippen LogP contribution in [0.5, 0.6) is 0 Å². The second-order valence-corrected chi connectivity index (χ2v) is 4.46. The van der Waals surface area contributed by atoms with Gasteiger partial charge in [-0.3, -0.25) is 0 Å². The molecule has 13 heavy (non-hydrogen) atoms. The molecular weight excluding hydrogens is 176 g/mol. The molecule has 0 saturated heterocycles. The number of thioether (sulfide) groups is 1. The van der Waals surface area contributed by atoms with Crippen molar-refractivity contribution in [2.24, 2.45) is 0 Å². The lowest BCUT2D eigenvalue weighted by molar-refractivity contribution is 0.801. The Kier molecular flexibility index (Phi) is 2.74. The van der Waals surface area contributed by atoms with E-state index in [-0.39, 0.29) is 0 Å². The van der Waals surface area contributed by atoms with Crippen LogP contribution in [0.1, 0.15) is 26.2 Å². The molecule has 1 aliphatic carbocycles. The van der Waals surface area contributed by atoms with Crippen molar-refractivity contribution in [2.45, 2.75) is 31.1 Å². The minimum absolute atomic E-state index is 1.23. The van der Waals surface area contributed by atoms with Gasteiger partial charge >= 0.3 is 0 Å². The fraction of sp³-hybridized carbons (Fsp3) is 0.333.